The van der Waals surface area contributed by atoms with Crippen molar-refractivity contribution in [1.29, 1.82) is 0 Å². The van der Waals surface area contributed by atoms with E-state index in [1.54, 1.807) is 0 Å². The van der Waals surface area contributed by atoms with Crippen LogP contribution in [-0.4, -0.2) is 0 Å². The van der Waals surface area contributed by atoms with E-state index in [9.17, 15) is 0 Å². The zero-order chi connectivity index (χ0) is 89.0. The first-order chi connectivity index (χ1) is 61.3. The molecule has 0 amide bonds. The van der Waals surface area contributed by atoms with E-state index < -0.39 is 10.8 Å². The standard InChI is InChI=1S/C71H68N2O.C31H16Br2O.C19H25N/c1-67(2,3)45-25-33-49(34-26-45)72(50-35-27-46(28-36-50)68(4,5)6)53-41-42-56-60(43-53)71(58-22-16-13-19-54(58)55-20-14-17-23-59(55)71)61-44-62(65-57-21-15-18-24-63(57)74-66(65)64(56)61)73(51-37-29-47(30-38-51)69(7,8)9)52-39-31-48(32-40-52)70(10,11)12;32-17-13-14-20-24(15-17)31(22-10-4-1-7-18(22)19-8-2-5-11-23(19)31)25-16-26(33)29-21-9-3-6-12-27(21)34-30(29)28(20)25;1-14(2)15-6-10-17(11-7-15)20-18-12-8-16(9-13-18)19(3,4)5/h13-44H,1-12H3;1-16H;6-14,20H,1-5H3. The van der Waals surface area contributed by atoms with Crippen molar-refractivity contribution in [3.8, 4) is 44.5 Å². The number of hydrogen-bond acceptors (Lipinski definition) is 5. The summed E-state index contributed by atoms with van der Waals surface area (Å²) in [5, 5.41) is 7.92. The number of hydrogen-bond donors (Lipinski definition) is 1. The molecule has 128 heavy (non-hydrogen) atoms. The van der Waals surface area contributed by atoms with Crippen LogP contribution < -0.4 is 15.1 Å². The molecule has 16 aromatic carbocycles. The van der Waals surface area contributed by atoms with Gasteiger partial charge in [0.1, 0.15) is 22.3 Å². The average molecular weight is 1800 g/mol. The highest BCUT2D eigenvalue weighted by Gasteiger charge is 2.55. The van der Waals surface area contributed by atoms with Gasteiger partial charge in [0.2, 0.25) is 0 Å². The fraction of sp³-hybridized carbons (Fsp3) is 0.207. The first-order valence-electron chi connectivity index (χ1n) is 45.3. The average Bonchev–Trinajstić information content (AvgIpc) is 1.50. The van der Waals surface area contributed by atoms with Crippen LogP contribution in [0.3, 0.4) is 0 Å². The second-order valence-corrected chi connectivity index (χ2v) is 42.7. The minimum absolute atomic E-state index is 0.000909. The van der Waals surface area contributed by atoms with Gasteiger partial charge in [-0.1, -0.05) is 368 Å². The topological polar surface area (TPSA) is 44.8 Å². The van der Waals surface area contributed by atoms with Crippen LogP contribution in [0.1, 0.15) is 202 Å². The summed E-state index contributed by atoms with van der Waals surface area (Å²) < 4.78 is 16.1. The van der Waals surface area contributed by atoms with Crippen LogP contribution in [0.2, 0.25) is 0 Å². The lowest BCUT2D eigenvalue weighted by Gasteiger charge is -2.34. The Labute approximate surface area is 771 Å². The lowest BCUT2D eigenvalue weighted by molar-refractivity contribution is 0.590. The monoisotopic (exact) mass is 1790 g/mol. The molecule has 0 unspecified atom stereocenters. The van der Waals surface area contributed by atoms with Crippen molar-refractivity contribution in [2.24, 2.45) is 0 Å². The summed E-state index contributed by atoms with van der Waals surface area (Å²) >= 11 is 7.73. The van der Waals surface area contributed by atoms with E-state index in [1.165, 1.54) is 117 Å². The Hall–Kier alpha value is -12.5. The SMILES string of the molecule is Brc1ccc2c(c1)C1(c3ccccc3-c3ccccc31)c1cc(Br)c3c(oc4ccccc43)c1-2.CC(C)(C)c1ccc(N(c2ccc(C(C)(C)C)cc2)c2ccc3c(c2)C2(c4ccccc4-c4ccccc42)c2cc(N(c4ccc(C(C)(C)C)cc4)c4ccc(C(C)(C)C)cc4)c4c(oc5ccccc54)c2-3)cc1.CC(C)c1ccc(Nc2ccc(C(C)(C)C)cc2)cc1. The van der Waals surface area contributed by atoms with Gasteiger partial charge in [0.15, 0.2) is 0 Å². The first-order valence-corrected chi connectivity index (χ1v) is 46.8. The van der Waals surface area contributed by atoms with E-state index in [-0.39, 0.29) is 27.1 Å². The fourth-order valence-corrected chi connectivity index (χ4v) is 21.7. The quantitative estimate of drug-likeness (QED) is 0.156. The molecule has 0 saturated carbocycles. The van der Waals surface area contributed by atoms with Crippen LogP contribution in [0.25, 0.3) is 88.4 Å². The molecule has 7 heteroatoms. The molecule has 0 bridgehead atoms. The smallest absolute Gasteiger partial charge is 0.145 e. The van der Waals surface area contributed by atoms with Crippen LogP contribution in [0.5, 0.6) is 0 Å². The summed E-state index contributed by atoms with van der Waals surface area (Å²) in [7, 11) is 0. The Morgan fingerprint density at radius 3 is 1.00 bits per heavy atom. The molecule has 2 heterocycles. The van der Waals surface area contributed by atoms with Gasteiger partial charge in [-0.25, -0.2) is 0 Å². The van der Waals surface area contributed by atoms with Crippen LogP contribution in [0.15, 0.2) is 357 Å². The molecule has 22 rings (SSSR count). The number of benzene rings is 16. The third-order valence-corrected chi connectivity index (χ3v) is 28.5. The van der Waals surface area contributed by atoms with Gasteiger partial charge >= 0.3 is 0 Å². The number of para-hydroxylation sites is 2. The maximum absolute atomic E-state index is 7.38. The van der Waals surface area contributed by atoms with Gasteiger partial charge in [-0.2, -0.15) is 0 Å². The molecule has 0 saturated heterocycles. The predicted molar refractivity (Wildman–Crippen MR) is 549 cm³/mol. The molecule has 2 aromatic heterocycles. The Bertz CT molecular complexity index is 7170. The molecule has 1 N–H and O–H groups in total. The fourth-order valence-electron chi connectivity index (χ4n) is 20.7. The van der Waals surface area contributed by atoms with Crippen molar-refractivity contribution in [2.45, 2.75) is 162 Å². The van der Waals surface area contributed by atoms with Gasteiger partial charge in [0, 0.05) is 76.0 Å². The van der Waals surface area contributed by atoms with Crippen molar-refractivity contribution < 1.29 is 8.83 Å². The lowest BCUT2D eigenvalue weighted by Crippen LogP contribution is -2.26. The molecule has 0 fully saturated rings. The van der Waals surface area contributed by atoms with Crippen molar-refractivity contribution in [1.82, 2.24) is 0 Å². The normalized spacial score (nSPS) is 13.6. The third kappa shape index (κ3) is 13.9. The summed E-state index contributed by atoms with van der Waals surface area (Å²) in [6.07, 6.45) is 0. The van der Waals surface area contributed by atoms with Gasteiger partial charge < -0.3 is 24.0 Å². The summed E-state index contributed by atoms with van der Waals surface area (Å²) in [6, 6.07) is 126. The maximum Gasteiger partial charge on any atom is 0.145 e. The zero-order valence-electron chi connectivity index (χ0n) is 76.4. The van der Waals surface area contributed by atoms with Gasteiger partial charge in [-0.05, 0) is 266 Å². The van der Waals surface area contributed by atoms with Crippen molar-refractivity contribution in [3.63, 3.8) is 0 Å². The van der Waals surface area contributed by atoms with E-state index in [2.05, 4.69) is 498 Å². The van der Waals surface area contributed by atoms with Gasteiger partial charge in [0.25, 0.3) is 0 Å². The van der Waals surface area contributed by atoms with Crippen LogP contribution in [0.4, 0.5) is 45.5 Å². The highest BCUT2D eigenvalue weighted by atomic mass is 79.9. The largest absolute Gasteiger partial charge is 0.455 e. The number of rotatable bonds is 9. The molecule has 634 valence electrons. The van der Waals surface area contributed by atoms with Gasteiger partial charge in [-0.15, -0.1) is 0 Å². The molecule has 4 aliphatic rings. The molecule has 0 radical (unpaired) electrons. The third-order valence-electron chi connectivity index (χ3n) is 27.4. The zero-order valence-corrected chi connectivity index (χ0v) is 79.5. The molecule has 0 atom stereocenters. The highest BCUT2D eigenvalue weighted by Crippen LogP contribution is 2.68. The first kappa shape index (κ1) is 83.7. The van der Waals surface area contributed by atoms with E-state index in [1.807, 2.05) is 6.07 Å². The van der Waals surface area contributed by atoms with E-state index in [0.717, 1.165) is 104 Å². The Balaban J connectivity index is 0.000000154. The van der Waals surface area contributed by atoms with E-state index in [4.69, 9.17) is 8.83 Å². The molecule has 5 nitrogen and oxygen atoms in total. The van der Waals surface area contributed by atoms with Crippen LogP contribution in [0, 0.1) is 0 Å². The number of halogens is 2. The Morgan fingerprint density at radius 2 is 0.602 bits per heavy atom. The number of fused-ring (bicyclic) bond motifs is 28. The number of furan rings is 2. The molecule has 2 spiro atoms. The summed E-state index contributed by atoms with van der Waals surface area (Å²) in [5.41, 5.74) is 39.8. The molecule has 4 aliphatic carbocycles. The minimum Gasteiger partial charge on any atom is -0.455 e. The van der Waals surface area contributed by atoms with Crippen LogP contribution in [-0.2, 0) is 37.9 Å². The van der Waals surface area contributed by atoms with Gasteiger partial charge in [0.05, 0.1) is 21.9 Å². The second-order valence-electron chi connectivity index (χ2n) is 40.9. The van der Waals surface area contributed by atoms with Crippen molar-refractivity contribution in [2.75, 3.05) is 15.1 Å². The maximum atomic E-state index is 7.38. The number of anilines is 8. The summed E-state index contributed by atoms with van der Waals surface area (Å²) in [4.78, 5) is 4.94. The van der Waals surface area contributed by atoms with E-state index in [0.29, 0.717) is 5.92 Å². The predicted octanol–water partition coefficient (Wildman–Crippen LogP) is 35.4. The summed E-state index contributed by atoms with van der Waals surface area (Å²) in [6.45, 7) is 38.6. The van der Waals surface area contributed by atoms with Gasteiger partial charge in [-0.3, -0.25) is 0 Å². The number of nitrogens with one attached hydrogen (secondary N) is 1. The Morgan fingerprint density at radius 1 is 0.281 bits per heavy atom. The van der Waals surface area contributed by atoms with Crippen molar-refractivity contribution >= 4 is 121 Å². The molecule has 18 aromatic rings. The Kier molecular flexibility index (Phi) is 20.4. The molecular weight excluding hydrogens is 1690 g/mol. The highest BCUT2D eigenvalue weighted by molar-refractivity contribution is 9.11. The molecular formula is C121H109Br2N3O2. The summed E-state index contributed by atoms with van der Waals surface area (Å²) in [5.74, 6) is 0.579. The van der Waals surface area contributed by atoms with Crippen molar-refractivity contribution in [3.05, 3.63) is 427 Å². The van der Waals surface area contributed by atoms with Crippen LogP contribution >= 0.6 is 31.9 Å². The molecule has 0 aliphatic heterocycles. The minimum atomic E-state index is -0.689. The lowest BCUT2D eigenvalue weighted by atomic mass is 9.70. The van der Waals surface area contributed by atoms with E-state index >= 15 is 0 Å². The number of nitrogens with zero attached hydrogens (tertiary/aromatic N) is 2. The second kappa shape index (κ2) is 31.2.